The Morgan fingerprint density at radius 3 is 2.43 bits per heavy atom. The normalized spacial score (nSPS) is 12.4. The van der Waals surface area contributed by atoms with Gasteiger partial charge < -0.3 is 5.11 Å². The molecule has 1 heterocycles. The topological polar surface area (TPSA) is 59.3 Å². The molecule has 0 fully saturated rings. The van der Waals surface area contributed by atoms with Crippen molar-refractivity contribution in [1.29, 1.82) is 0 Å². The molecule has 0 aliphatic rings. The highest BCUT2D eigenvalue weighted by atomic mass is 32.1. The van der Waals surface area contributed by atoms with Crippen LogP contribution in [0.3, 0.4) is 0 Å². The molecule has 0 radical (unpaired) electrons. The van der Waals surface area contributed by atoms with Gasteiger partial charge in [0.05, 0.1) is 16.6 Å². The summed E-state index contributed by atoms with van der Waals surface area (Å²) < 4.78 is 2.40. The van der Waals surface area contributed by atoms with Crippen LogP contribution in [0.2, 0.25) is 0 Å². The smallest absolute Gasteiger partial charge is 0.312 e. The summed E-state index contributed by atoms with van der Waals surface area (Å²) in [5.41, 5.74) is 0.576. The number of hydrogen-bond donors (Lipinski definition) is 1. The van der Waals surface area contributed by atoms with Crippen LogP contribution in [0.5, 0.6) is 0 Å². The zero-order chi connectivity index (χ0) is 14.8. The summed E-state index contributed by atoms with van der Waals surface area (Å²) in [6.07, 6.45) is 0. The van der Waals surface area contributed by atoms with Crippen molar-refractivity contribution in [3.63, 3.8) is 0 Å². The zero-order valence-corrected chi connectivity index (χ0v) is 11.9. The molecule has 21 heavy (non-hydrogen) atoms. The summed E-state index contributed by atoms with van der Waals surface area (Å²) in [6.45, 7) is 0.150. The zero-order valence-electron chi connectivity index (χ0n) is 11.1. The Kier molecular flexibility index (Phi) is 3.58. The fraction of sp³-hybridized carbons (Fsp3) is 0.125. The van der Waals surface area contributed by atoms with E-state index in [1.165, 1.54) is 15.5 Å². The molecule has 1 aromatic heterocycles. The van der Waals surface area contributed by atoms with Crippen molar-refractivity contribution in [2.45, 2.75) is 12.5 Å². The van der Waals surface area contributed by atoms with Gasteiger partial charge in [-0.25, -0.2) is 0 Å². The van der Waals surface area contributed by atoms with E-state index in [1.807, 2.05) is 24.3 Å². The summed E-state index contributed by atoms with van der Waals surface area (Å²) in [4.78, 5) is 23.8. The van der Waals surface area contributed by atoms with Gasteiger partial charge in [-0.15, -0.1) is 0 Å². The molecule has 0 saturated heterocycles. The molecule has 5 heteroatoms. The van der Waals surface area contributed by atoms with E-state index in [9.17, 15) is 14.7 Å². The minimum absolute atomic E-state index is 0.127. The van der Waals surface area contributed by atoms with Crippen LogP contribution in [0, 0.1) is 0 Å². The Morgan fingerprint density at radius 1 is 1.10 bits per heavy atom. The van der Waals surface area contributed by atoms with Gasteiger partial charge in [-0.05, 0) is 17.7 Å². The van der Waals surface area contributed by atoms with Crippen LogP contribution in [-0.4, -0.2) is 15.0 Å². The predicted octanol–water partition coefficient (Wildman–Crippen LogP) is 2.93. The van der Waals surface area contributed by atoms with Crippen molar-refractivity contribution in [2.24, 2.45) is 0 Å². The number of carbonyl (C=O) groups is 1. The molecule has 1 unspecified atom stereocenters. The monoisotopic (exact) mass is 299 g/mol. The van der Waals surface area contributed by atoms with E-state index in [-0.39, 0.29) is 12.1 Å². The van der Waals surface area contributed by atoms with Crippen molar-refractivity contribution in [3.05, 3.63) is 70.5 Å². The Hall–Kier alpha value is -2.40. The molecule has 0 spiro atoms. The standard InChI is InChI=1S/C16H13NO3S/c18-15-12-8-4-5-9-14(12)21-17(15)10-13(16(19)20)11-6-2-1-3-7-11/h1-9,13H,10H2,(H,19,20). The summed E-state index contributed by atoms with van der Waals surface area (Å²) in [5, 5.41) is 10.1. The average Bonchev–Trinajstić information content (AvgIpc) is 2.82. The first kappa shape index (κ1) is 13.6. The molecule has 3 aromatic rings. The van der Waals surface area contributed by atoms with Gasteiger partial charge in [0.15, 0.2) is 0 Å². The molecule has 1 N–H and O–H groups in total. The van der Waals surface area contributed by atoms with Crippen molar-refractivity contribution in [3.8, 4) is 0 Å². The summed E-state index contributed by atoms with van der Waals surface area (Å²) in [6, 6.07) is 16.3. The molecule has 3 rings (SSSR count). The first-order chi connectivity index (χ1) is 10.2. The maximum absolute atomic E-state index is 12.3. The quantitative estimate of drug-likeness (QED) is 0.806. The van der Waals surface area contributed by atoms with Gasteiger partial charge in [0.25, 0.3) is 5.56 Å². The Balaban J connectivity index is 2.01. The molecule has 0 amide bonds. The first-order valence-electron chi connectivity index (χ1n) is 6.53. The number of aliphatic carboxylic acids is 1. The van der Waals surface area contributed by atoms with E-state index < -0.39 is 11.9 Å². The number of hydrogen-bond acceptors (Lipinski definition) is 3. The molecular weight excluding hydrogens is 286 g/mol. The van der Waals surface area contributed by atoms with Crippen LogP contribution in [0.25, 0.3) is 10.1 Å². The summed E-state index contributed by atoms with van der Waals surface area (Å²) in [7, 11) is 0. The number of benzene rings is 2. The Morgan fingerprint density at radius 2 is 1.76 bits per heavy atom. The molecule has 2 aromatic carbocycles. The van der Waals surface area contributed by atoms with Crippen LogP contribution in [-0.2, 0) is 11.3 Å². The van der Waals surface area contributed by atoms with Crippen molar-refractivity contribution >= 4 is 27.6 Å². The van der Waals surface area contributed by atoms with E-state index in [0.29, 0.717) is 10.9 Å². The van der Waals surface area contributed by atoms with E-state index >= 15 is 0 Å². The molecule has 0 aliphatic carbocycles. The van der Waals surface area contributed by atoms with Crippen molar-refractivity contribution in [2.75, 3.05) is 0 Å². The molecule has 0 aliphatic heterocycles. The van der Waals surface area contributed by atoms with Gasteiger partial charge in [-0.3, -0.25) is 13.5 Å². The van der Waals surface area contributed by atoms with Crippen LogP contribution in [0.15, 0.2) is 59.4 Å². The van der Waals surface area contributed by atoms with Gasteiger partial charge in [0.2, 0.25) is 0 Å². The highest BCUT2D eigenvalue weighted by molar-refractivity contribution is 7.13. The molecule has 4 nitrogen and oxygen atoms in total. The highest BCUT2D eigenvalue weighted by Gasteiger charge is 2.22. The fourth-order valence-electron chi connectivity index (χ4n) is 2.31. The number of fused-ring (bicyclic) bond motifs is 1. The number of carboxylic acids is 1. The maximum Gasteiger partial charge on any atom is 0.312 e. The second-order valence-electron chi connectivity index (χ2n) is 4.76. The largest absolute Gasteiger partial charge is 0.481 e. The van der Waals surface area contributed by atoms with Crippen LogP contribution >= 0.6 is 11.5 Å². The predicted molar refractivity (Wildman–Crippen MR) is 82.9 cm³/mol. The lowest BCUT2D eigenvalue weighted by Crippen LogP contribution is -2.22. The third-order valence-electron chi connectivity index (χ3n) is 3.40. The number of nitrogens with zero attached hydrogens (tertiary/aromatic N) is 1. The summed E-state index contributed by atoms with van der Waals surface area (Å²) in [5.74, 6) is -1.65. The van der Waals surface area contributed by atoms with Crippen LogP contribution < -0.4 is 5.56 Å². The van der Waals surface area contributed by atoms with E-state index in [2.05, 4.69) is 0 Å². The lowest BCUT2D eigenvalue weighted by molar-refractivity contribution is -0.139. The number of carboxylic acid groups (broad SMARTS) is 1. The summed E-state index contributed by atoms with van der Waals surface area (Å²) >= 11 is 1.31. The maximum atomic E-state index is 12.3. The minimum Gasteiger partial charge on any atom is -0.481 e. The second kappa shape index (κ2) is 5.54. The van der Waals surface area contributed by atoms with Crippen molar-refractivity contribution < 1.29 is 9.90 Å². The van der Waals surface area contributed by atoms with Gasteiger partial charge >= 0.3 is 5.97 Å². The molecule has 0 saturated carbocycles. The lowest BCUT2D eigenvalue weighted by Gasteiger charge is -2.12. The Bertz CT molecular complexity index is 835. The molecular formula is C16H13NO3S. The van der Waals surface area contributed by atoms with E-state index in [1.54, 1.807) is 30.3 Å². The minimum atomic E-state index is -0.925. The lowest BCUT2D eigenvalue weighted by atomic mass is 9.99. The van der Waals surface area contributed by atoms with Crippen LogP contribution in [0.4, 0.5) is 0 Å². The number of rotatable bonds is 4. The SMILES string of the molecule is O=C(O)C(Cn1sc2ccccc2c1=O)c1ccccc1. The molecule has 106 valence electrons. The molecule has 0 bridgehead atoms. The first-order valence-corrected chi connectivity index (χ1v) is 7.31. The number of aromatic nitrogens is 1. The van der Waals surface area contributed by atoms with E-state index in [0.717, 1.165) is 4.70 Å². The Labute approximate surface area is 125 Å². The molecule has 1 atom stereocenters. The van der Waals surface area contributed by atoms with Gasteiger partial charge in [-0.1, -0.05) is 54.0 Å². The van der Waals surface area contributed by atoms with Gasteiger partial charge in [0.1, 0.15) is 5.92 Å². The highest BCUT2D eigenvalue weighted by Crippen LogP contribution is 2.22. The average molecular weight is 299 g/mol. The van der Waals surface area contributed by atoms with Gasteiger partial charge in [-0.2, -0.15) is 0 Å². The van der Waals surface area contributed by atoms with Crippen LogP contribution in [0.1, 0.15) is 11.5 Å². The fourth-order valence-corrected chi connectivity index (χ4v) is 3.35. The third kappa shape index (κ3) is 2.60. The van der Waals surface area contributed by atoms with Gasteiger partial charge in [0, 0.05) is 0 Å². The van der Waals surface area contributed by atoms with Crippen molar-refractivity contribution in [1.82, 2.24) is 3.96 Å². The third-order valence-corrected chi connectivity index (χ3v) is 4.49. The second-order valence-corrected chi connectivity index (χ2v) is 5.82. The van der Waals surface area contributed by atoms with E-state index in [4.69, 9.17) is 0 Å².